The summed E-state index contributed by atoms with van der Waals surface area (Å²) in [6.45, 7) is -5.20. The minimum Gasteiger partial charge on any atom is -0.396 e. The fourth-order valence-electron chi connectivity index (χ4n) is 10.2. The Bertz CT molecular complexity index is 1490. The fraction of sp³-hybridized carbons (Fsp3) is 1.00. The van der Waals surface area contributed by atoms with Crippen LogP contribution in [0, 0.1) is 17.8 Å². The predicted octanol–water partition coefficient (Wildman–Crippen LogP) is -12.7. The van der Waals surface area contributed by atoms with Gasteiger partial charge in [-0.05, 0) is 19.3 Å². The van der Waals surface area contributed by atoms with E-state index in [1.54, 1.807) is 0 Å². The van der Waals surface area contributed by atoms with Crippen molar-refractivity contribution in [2.24, 2.45) is 17.8 Å². The molecule has 0 aromatic rings. The van der Waals surface area contributed by atoms with Gasteiger partial charge >= 0.3 is 0 Å². The summed E-state index contributed by atoms with van der Waals surface area (Å²) in [5.41, 5.74) is 0. The Morgan fingerprint density at radius 1 is 0.361 bits per heavy atom. The molecule has 3 heterocycles. The van der Waals surface area contributed by atoms with Crippen molar-refractivity contribution in [3.63, 3.8) is 0 Å². The van der Waals surface area contributed by atoms with Crippen molar-refractivity contribution in [2.75, 3.05) is 52.9 Å². The Morgan fingerprint density at radius 3 is 1.40 bits per heavy atom. The molecule has 0 spiro atoms. The number of aliphatic hydroxyl groups excluding tert-OH is 21. The highest BCUT2D eigenvalue weighted by Gasteiger charge is 2.55. The van der Waals surface area contributed by atoms with Gasteiger partial charge < -0.3 is 150 Å². The molecular weight excluding hydrogens is 984 g/mol. The van der Waals surface area contributed by atoms with Gasteiger partial charge in [-0.2, -0.15) is 0 Å². The van der Waals surface area contributed by atoms with Crippen molar-refractivity contribution in [3.05, 3.63) is 0 Å². The number of aliphatic hydroxyl groups is 21. The van der Waals surface area contributed by atoms with Crippen LogP contribution in [0.4, 0.5) is 0 Å². The lowest BCUT2D eigenvalue weighted by atomic mass is 9.78. The first-order chi connectivity index (χ1) is 34.1. The highest BCUT2D eigenvalue weighted by Crippen LogP contribution is 2.39. The van der Waals surface area contributed by atoms with Crippen molar-refractivity contribution in [1.29, 1.82) is 0 Å². The summed E-state index contributed by atoms with van der Waals surface area (Å²) in [4.78, 5) is 0. The predicted molar refractivity (Wildman–Crippen MR) is 226 cm³/mol. The van der Waals surface area contributed by atoms with E-state index in [9.17, 15) is 107 Å². The van der Waals surface area contributed by atoms with Crippen LogP contribution in [0.25, 0.3) is 0 Å². The maximum absolute atomic E-state index is 11.5. The summed E-state index contributed by atoms with van der Waals surface area (Å²) in [5.74, 6) is -2.91. The van der Waals surface area contributed by atoms with E-state index < -0.39 is 242 Å². The van der Waals surface area contributed by atoms with Gasteiger partial charge in [0.15, 0.2) is 18.9 Å². The molecule has 6 rings (SSSR count). The Labute approximate surface area is 410 Å². The molecular formula is C42H74O30. The second-order valence-electron chi connectivity index (χ2n) is 19.5. The van der Waals surface area contributed by atoms with Crippen LogP contribution in [0.2, 0.25) is 0 Å². The van der Waals surface area contributed by atoms with Crippen molar-refractivity contribution >= 4 is 0 Å². The molecule has 0 radical (unpaired) electrons. The van der Waals surface area contributed by atoms with Crippen molar-refractivity contribution in [3.8, 4) is 0 Å². The first-order valence-corrected chi connectivity index (χ1v) is 23.8. The molecule has 72 heavy (non-hydrogen) atoms. The van der Waals surface area contributed by atoms with E-state index in [1.165, 1.54) is 0 Å². The van der Waals surface area contributed by atoms with Gasteiger partial charge in [0, 0.05) is 31.0 Å². The lowest BCUT2D eigenvalue weighted by molar-refractivity contribution is -0.378. The third-order valence-corrected chi connectivity index (χ3v) is 14.5. The van der Waals surface area contributed by atoms with Crippen LogP contribution >= 0.6 is 0 Å². The average molecular weight is 1060 g/mol. The van der Waals surface area contributed by atoms with Gasteiger partial charge in [0.1, 0.15) is 116 Å². The van der Waals surface area contributed by atoms with Crippen LogP contribution in [0.15, 0.2) is 0 Å². The van der Waals surface area contributed by atoms with E-state index in [0.29, 0.717) is 0 Å². The lowest BCUT2D eigenvalue weighted by Crippen LogP contribution is -2.66. The number of rotatable bonds is 20. The lowest BCUT2D eigenvalue weighted by Gasteiger charge is -2.48. The SMILES string of the molecule is OC[C@@H]1C[C@@H](O[C@H]2[C@H](COCC(O)COC[C@H]3O[C@H](OC4[C@@H](CO)O[C@H](O)[C@H](O)[C@H]4O)[C@H](O)[C@@H](O)[C@@H]3O[C@H]3O[C@H](CO)[C@@H](O)[C@H](O)[C@H]3O)C[C@@H](O[C@H]3[C@H](CO)C[C@@H](O)[C@@H](O)[C@@H]3O)[C@@H](O)[C@@H]2O)[C@@H](O)[C@H](O)[C@H]1O. The second kappa shape index (κ2) is 26.4. The van der Waals surface area contributed by atoms with Crippen LogP contribution < -0.4 is 0 Å². The number of hydrogen-bond donors (Lipinski definition) is 21. The van der Waals surface area contributed by atoms with E-state index >= 15 is 0 Å². The molecule has 6 fully saturated rings. The molecule has 21 N–H and O–H groups in total. The molecule has 422 valence electrons. The minimum atomic E-state index is -2.10. The van der Waals surface area contributed by atoms with Gasteiger partial charge in [0.2, 0.25) is 0 Å². The zero-order valence-electron chi connectivity index (χ0n) is 38.7. The fourth-order valence-corrected chi connectivity index (χ4v) is 10.2. The normalized spacial score (nSPS) is 51.0. The Morgan fingerprint density at radius 2 is 0.819 bits per heavy atom. The van der Waals surface area contributed by atoms with E-state index in [0.717, 1.165) is 0 Å². The third kappa shape index (κ3) is 13.2. The van der Waals surface area contributed by atoms with Gasteiger partial charge in [0.05, 0.1) is 76.3 Å². The van der Waals surface area contributed by atoms with Crippen molar-refractivity contribution in [1.82, 2.24) is 0 Å². The zero-order valence-corrected chi connectivity index (χ0v) is 38.7. The number of hydrogen-bond acceptors (Lipinski definition) is 30. The highest BCUT2D eigenvalue weighted by atomic mass is 16.8. The Hall–Kier alpha value is -1.20. The van der Waals surface area contributed by atoms with E-state index in [-0.39, 0.29) is 19.3 Å². The summed E-state index contributed by atoms with van der Waals surface area (Å²) in [6.07, 6.45) is -48.8. The highest BCUT2D eigenvalue weighted by molar-refractivity contribution is 5.01. The molecule has 30 heteroatoms. The quantitative estimate of drug-likeness (QED) is 0.0538. The molecule has 0 aromatic heterocycles. The van der Waals surface area contributed by atoms with Crippen LogP contribution in [-0.4, -0.2) is 332 Å². The van der Waals surface area contributed by atoms with Gasteiger partial charge in [-0.1, -0.05) is 0 Å². The van der Waals surface area contributed by atoms with Gasteiger partial charge in [-0.15, -0.1) is 0 Å². The molecule has 3 aliphatic heterocycles. The Kier molecular flexibility index (Phi) is 22.0. The molecule has 6 aliphatic rings. The third-order valence-electron chi connectivity index (χ3n) is 14.5. The summed E-state index contributed by atoms with van der Waals surface area (Å²) < 4.78 is 51.3. The largest absolute Gasteiger partial charge is 0.396 e. The first-order valence-electron chi connectivity index (χ1n) is 23.8. The standard InChI is InChI=1S/C42H74O30/c43-4-12-2-17(24(51)27(54)22(12)49)67-37-14(3-18(25(52)30(37)57)66-36-13(5-44)1-16(48)23(50)29(36)56)8-64-9-15(47)10-65-11-21-39(72-41-34(61)28(55)26(53)19(6-45)69-41)32(59)35(62)42(70-21)71-38-20(7-46)68-40(63)33(60)31(38)58/h12-63H,1-11H2/t12-,13-,14-,15?,16+,17+,18+,19+,20+,21+,22-,23+,24+,25+,26+,27+,28-,29-,30-,31+,32+,33+,34+,35+,36-,37-,38?,39+,40-,41+,42+/m0/s1. The monoisotopic (exact) mass is 1060 g/mol. The van der Waals surface area contributed by atoms with E-state index in [4.69, 9.17) is 42.6 Å². The van der Waals surface area contributed by atoms with Crippen LogP contribution in [0.5, 0.6) is 0 Å². The van der Waals surface area contributed by atoms with Crippen molar-refractivity contribution < 1.29 is 150 Å². The zero-order chi connectivity index (χ0) is 53.0. The molecule has 0 bridgehead atoms. The number of ether oxygens (including phenoxy) is 9. The molecule has 3 aliphatic carbocycles. The smallest absolute Gasteiger partial charge is 0.187 e. The average Bonchev–Trinajstić information content (AvgIpc) is 3.36. The summed E-state index contributed by atoms with van der Waals surface area (Å²) in [5, 5.41) is 221. The van der Waals surface area contributed by atoms with Crippen LogP contribution in [0.3, 0.4) is 0 Å². The molecule has 3 saturated carbocycles. The van der Waals surface area contributed by atoms with Gasteiger partial charge in [-0.25, -0.2) is 0 Å². The summed E-state index contributed by atoms with van der Waals surface area (Å²) in [7, 11) is 0. The van der Waals surface area contributed by atoms with Crippen LogP contribution in [0.1, 0.15) is 19.3 Å². The minimum absolute atomic E-state index is 0.194. The second-order valence-corrected chi connectivity index (χ2v) is 19.5. The molecule has 2 unspecified atom stereocenters. The van der Waals surface area contributed by atoms with E-state index in [2.05, 4.69) is 0 Å². The van der Waals surface area contributed by atoms with Gasteiger partial charge in [0.25, 0.3) is 0 Å². The van der Waals surface area contributed by atoms with Gasteiger partial charge in [-0.3, -0.25) is 0 Å². The van der Waals surface area contributed by atoms with Crippen molar-refractivity contribution in [2.45, 2.75) is 191 Å². The molecule has 0 aromatic carbocycles. The first kappa shape index (κ1) is 60.0. The molecule has 3 saturated heterocycles. The summed E-state index contributed by atoms with van der Waals surface area (Å²) >= 11 is 0. The Balaban J connectivity index is 1.14. The molecule has 30 nitrogen and oxygen atoms in total. The maximum Gasteiger partial charge on any atom is 0.187 e. The summed E-state index contributed by atoms with van der Waals surface area (Å²) in [6, 6.07) is 0. The maximum atomic E-state index is 11.5. The topological polar surface area (TPSA) is 508 Å². The van der Waals surface area contributed by atoms with Crippen LogP contribution in [-0.2, 0) is 42.6 Å². The van der Waals surface area contributed by atoms with E-state index in [1.807, 2.05) is 0 Å². The molecule has 31 atom stereocenters. The molecule has 0 amide bonds.